The molecule has 1 aliphatic heterocycles. The zero-order chi connectivity index (χ0) is 9.26. The van der Waals surface area contributed by atoms with Gasteiger partial charge < -0.3 is 15.0 Å². The largest absolute Gasteiger partial charge is 0.481 e. The van der Waals surface area contributed by atoms with Crippen LogP contribution in [0.25, 0.3) is 0 Å². The number of methoxy groups -OCH3 is 1. The molecule has 0 aliphatic carbocycles. The molecule has 2 heterocycles. The van der Waals surface area contributed by atoms with Gasteiger partial charge in [-0.25, -0.2) is 0 Å². The molecule has 0 atom stereocenters. The van der Waals surface area contributed by atoms with E-state index in [1.807, 2.05) is 0 Å². The average Bonchev–Trinajstić information content (AvgIpc) is 2.16. The first-order valence-electron chi connectivity index (χ1n) is 4.18. The first-order valence-corrected chi connectivity index (χ1v) is 4.59. The lowest BCUT2D eigenvalue weighted by Crippen LogP contribution is -2.25. The molecular formula is C8H11N3OS. The number of ether oxygens (including phenoxy) is 1. The van der Waals surface area contributed by atoms with Crippen LogP contribution >= 0.6 is 12.2 Å². The summed E-state index contributed by atoms with van der Waals surface area (Å²) in [5.74, 6) is 0.667. The standard InChI is InChI=1S/C8H11N3OS/c1-12-7-5-2-3-9-4-6(5)10-8(13)11-7/h9H,2-4H2,1H3,(H,10,11,13). The van der Waals surface area contributed by atoms with E-state index in [0.29, 0.717) is 10.7 Å². The molecule has 0 saturated heterocycles. The average molecular weight is 197 g/mol. The van der Waals surface area contributed by atoms with Gasteiger partial charge in [-0.1, -0.05) is 0 Å². The van der Waals surface area contributed by atoms with E-state index < -0.39 is 0 Å². The highest BCUT2D eigenvalue weighted by Gasteiger charge is 2.14. The van der Waals surface area contributed by atoms with Gasteiger partial charge in [0.1, 0.15) is 0 Å². The Hall–Kier alpha value is -0.940. The van der Waals surface area contributed by atoms with Gasteiger partial charge in [0, 0.05) is 17.8 Å². The van der Waals surface area contributed by atoms with Crippen LogP contribution in [0.15, 0.2) is 0 Å². The number of hydrogen-bond donors (Lipinski definition) is 2. The van der Waals surface area contributed by atoms with Crippen molar-refractivity contribution in [2.24, 2.45) is 0 Å². The number of rotatable bonds is 1. The van der Waals surface area contributed by atoms with Crippen LogP contribution in [0, 0.1) is 4.77 Å². The Morgan fingerprint density at radius 1 is 1.54 bits per heavy atom. The second-order valence-electron chi connectivity index (χ2n) is 2.94. The lowest BCUT2D eigenvalue weighted by atomic mass is 10.1. The van der Waals surface area contributed by atoms with E-state index in [1.165, 1.54) is 0 Å². The quantitative estimate of drug-likeness (QED) is 0.654. The third kappa shape index (κ3) is 1.57. The number of H-pyrrole nitrogens is 1. The fourth-order valence-corrected chi connectivity index (χ4v) is 1.73. The van der Waals surface area contributed by atoms with Crippen molar-refractivity contribution in [3.05, 3.63) is 16.0 Å². The van der Waals surface area contributed by atoms with Crippen molar-refractivity contribution in [1.82, 2.24) is 15.3 Å². The minimum Gasteiger partial charge on any atom is -0.481 e. The molecule has 0 spiro atoms. The van der Waals surface area contributed by atoms with Crippen LogP contribution in [0.3, 0.4) is 0 Å². The van der Waals surface area contributed by atoms with Crippen LogP contribution in [0.5, 0.6) is 5.88 Å². The minimum atomic E-state index is 0.485. The van der Waals surface area contributed by atoms with Crippen molar-refractivity contribution in [1.29, 1.82) is 0 Å². The van der Waals surface area contributed by atoms with Crippen LogP contribution < -0.4 is 10.1 Å². The van der Waals surface area contributed by atoms with E-state index in [4.69, 9.17) is 17.0 Å². The van der Waals surface area contributed by atoms with Gasteiger partial charge >= 0.3 is 0 Å². The van der Waals surface area contributed by atoms with Gasteiger partial charge in [-0.2, -0.15) is 4.98 Å². The molecule has 2 N–H and O–H groups in total. The third-order valence-corrected chi connectivity index (χ3v) is 2.32. The molecule has 0 radical (unpaired) electrons. The zero-order valence-electron chi connectivity index (χ0n) is 7.39. The smallest absolute Gasteiger partial charge is 0.220 e. The van der Waals surface area contributed by atoms with Crippen LogP contribution in [-0.2, 0) is 13.0 Å². The van der Waals surface area contributed by atoms with Gasteiger partial charge in [-0.3, -0.25) is 0 Å². The van der Waals surface area contributed by atoms with Gasteiger partial charge in [-0.05, 0) is 25.2 Å². The van der Waals surface area contributed by atoms with Crippen molar-refractivity contribution >= 4 is 12.2 Å². The Balaban J connectivity index is 2.57. The molecule has 0 amide bonds. The van der Waals surface area contributed by atoms with Gasteiger partial charge in [-0.15, -0.1) is 0 Å². The molecule has 1 aromatic rings. The van der Waals surface area contributed by atoms with Crippen LogP contribution in [0.1, 0.15) is 11.3 Å². The highest BCUT2D eigenvalue weighted by molar-refractivity contribution is 7.71. The summed E-state index contributed by atoms with van der Waals surface area (Å²) in [6.07, 6.45) is 0.942. The molecule has 0 saturated carbocycles. The molecule has 0 unspecified atom stereocenters. The summed E-state index contributed by atoms with van der Waals surface area (Å²) in [5, 5.41) is 3.26. The fourth-order valence-electron chi connectivity index (χ4n) is 1.53. The molecular weight excluding hydrogens is 186 g/mol. The molecule has 0 bridgehead atoms. The van der Waals surface area contributed by atoms with Gasteiger partial charge in [0.2, 0.25) is 5.88 Å². The van der Waals surface area contributed by atoms with E-state index in [2.05, 4.69) is 15.3 Å². The predicted molar refractivity (Wildman–Crippen MR) is 51.4 cm³/mol. The summed E-state index contributed by atoms with van der Waals surface area (Å²) in [4.78, 5) is 7.18. The Kier molecular flexibility index (Phi) is 2.28. The number of aromatic nitrogens is 2. The number of nitrogens with one attached hydrogen (secondary N) is 2. The van der Waals surface area contributed by atoms with E-state index in [-0.39, 0.29) is 0 Å². The van der Waals surface area contributed by atoms with Gasteiger partial charge in [0.25, 0.3) is 0 Å². The Bertz CT molecular complexity index is 354. The van der Waals surface area contributed by atoms with E-state index in [1.54, 1.807) is 7.11 Å². The van der Waals surface area contributed by atoms with Crippen molar-refractivity contribution in [2.45, 2.75) is 13.0 Å². The summed E-state index contributed by atoms with van der Waals surface area (Å²) in [5.41, 5.74) is 2.25. The van der Waals surface area contributed by atoms with Crippen molar-refractivity contribution in [2.75, 3.05) is 13.7 Å². The summed E-state index contributed by atoms with van der Waals surface area (Å²) in [7, 11) is 1.62. The molecule has 4 nitrogen and oxygen atoms in total. The number of fused-ring (bicyclic) bond motifs is 1. The molecule has 5 heteroatoms. The maximum Gasteiger partial charge on any atom is 0.220 e. The summed E-state index contributed by atoms with van der Waals surface area (Å²) >= 11 is 4.98. The zero-order valence-corrected chi connectivity index (χ0v) is 8.20. The maximum atomic E-state index is 5.17. The fraction of sp³-hybridized carbons (Fsp3) is 0.500. The van der Waals surface area contributed by atoms with Crippen LogP contribution in [0.4, 0.5) is 0 Å². The first kappa shape index (κ1) is 8.65. The van der Waals surface area contributed by atoms with Crippen molar-refractivity contribution in [3.8, 4) is 5.88 Å². The Labute approximate surface area is 81.3 Å². The number of hydrogen-bond acceptors (Lipinski definition) is 4. The molecule has 0 aromatic carbocycles. The summed E-state index contributed by atoms with van der Waals surface area (Å²) in [6, 6.07) is 0. The lowest BCUT2D eigenvalue weighted by molar-refractivity contribution is 0.385. The first-order chi connectivity index (χ1) is 6.31. The normalized spacial score (nSPS) is 15.2. The molecule has 2 rings (SSSR count). The second kappa shape index (κ2) is 3.43. The monoisotopic (exact) mass is 197 g/mol. The third-order valence-electron chi connectivity index (χ3n) is 2.13. The maximum absolute atomic E-state index is 5.17. The molecule has 1 aromatic heterocycles. The Morgan fingerprint density at radius 2 is 2.38 bits per heavy atom. The predicted octanol–water partition coefficient (Wildman–Crippen LogP) is 0.793. The second-order valence-corrected chi connectivity index (χ2v) is 3.32. The molecule has 1 aliphatic rings. The molecule has 13 heavy (non-hydrogen) atoms. The van der Waals surface area contributed by atoms with Crippen molar-refractivity contribution in [3.63, 3.8) is 0 Å². The number of nitrogens with zero attached hydrogens (tertiary/aromatic N) is 1. The highest BCUT2D eigenvalue weighted by Crippen LogP contribution is 2.20. The van der Waals surface area contributed by atoms with Crippen LogP contribution in [-0.4, -0.2) is 23.6 Å². The van der Waals surface area contributed by atoms with E-state index in [0.717, 1.165) is 30.8 Å². The van der Waals surface area contributed by atoms with Crippen molar-refractivity contribution < 1.29 is 4.74 Å². The van der Waals surface area contributed by atoms with E-state index in [9.17, 15) is 0 Å². The lowest BCUT2D eigenvalue weighted by Gasteiger charge is -2.18. The number of aromatic amines is 1. The SMILES string of the molecule is COc1nc(=S)[nH]c2c1CCNC2. The molecule has 0 fully saturated rings. The van der Waals surface area contributed by atoms with E-state index >= 15 is 0 Å². The van der Waals surface area contributed by atoms with Crippen LogP contribution in [0.2, 0.25) is 0 Å². The topological polar surface area (TPSA) is 49.9 Å². The highest BCUT2D eigenvalue weighted by atomic mass is 32.1. The summed E-state index contributed by atoms with van der Waals surface area (Å²) in [6.45, 7) is 1.79. The molecule has 70 valence electrons. The van der Waals surface area contributed by atoms with Gasteiger partial charge in [0.05, 0.1) is 7.11 Å². The van der Waals surface area contributed by atoms with Gasteiger partial charge in [0.15, 0.2) is 4.77 Å². The Morgan fingerprint density at radius 3 is 3.15 bits per heavy atom. The summed E-state index contributed by atoms with van der Waals surface area (Å²) < 4.78 is 5.65. The minimum absolute atomic E-state index is 0.485.